The van der Waals surface area contributed by atoms with Crippen LogP contribution in [0.15, 0.2) is 22.7 Å². The number of hydrogen-bond acceptors (Lipinski definition) is 2. The molecular weight excluding hydrogens is 268 g/mol. The molecule has 0 aromatic heterocycles. The lowest BCUT2D eigenvalue weighted by Crippen LogP contribution is -2.24. The highest BCUT2D eigenvalue weighted by Gasteiger charge is 2.25. The number of esters is 1. The van der Waals surface area contributed by atoms with Crippen LogP contribution in [0.1, 0.15) is 24.5 Å². The Morgan fingerprint density at radius 1 is 1.50 bits per heavy atom. The first kappa shape index (κ1) is 11.6. The van der Waals surface area contributed by atoms with E-state index in [9.17, 15) is 4.79 Å². The van der Waals surface area contributed by atoms with Crippen molar-refractivity contribution in [2.45, 2.75) is 26.2 Å². The Bertz CT molecular complexity index is 401. The lowest BCUT2D eigenvalue weighted by Gasteiger charge is -2.23. The number of aryl methyl sites for hydroxylation is 1. The van der Waals surface area contributed by atoms with Gasteiger partial charge in [-0.3, -0.25) is 4.79 Å². The van der Waals surface area contributed by atoms with Crippen LogP contribution in [0.5, 0.6) is 0 Å². The lowest BCUT2D eigenvalue weighted by molar-refractivity contribution is -0.148. The molecule has 1 aromatic rings. The number of fused-ring (bicyclic) bond motifs is 1. The molecule has 0 heterocycles. The molecule has 1 unspecified atom stereocenters. The minimum absolute atomic E-state index is 0.0433. The molecule has 0 amide bonds. The summed E-state index contributed by atoms with van der Waals surface area (Å²) in [6.45, 7) is 2.33. The highest BCUT2D eigenvalue weighted by atomic mass is 79.9. The molecule has 0 saturated carbocycles. The van der Waals surface area contributed by atoms with Crippen molar-refractivity contribution >= 4 is 21.9 Å². The molecule has 16 heavy (non-hydrogen) atoms. The van der Waals surface area contributed by atoms with Crippen molar-refractivity contribution in [1.29, 1.82) is 0 Å². The monoisotopic (exact) mass is 282 g/mol. The van der Waals surface area contributed by atoms with Crippen LogP contribution in [-0.4, -0.2) is 12.6 Å². The van der Waals surface area contributed by atoms with Crippen molar-refractivity contribution in [2.24, 2.45) is 5.92 Å². The standard InChI is InChI=1S/C13H15BrO2/c1-2-16-13(15)10-4-3-9-5-6-12(14)8-11(9)7-10/h5-6,8,10H,2-4,7H2,1H3. The molecule has 0 aliphatic heterocycles. The summed E-state index contributed by atoms with van der Waals surface area (Å²) in [6, 6.07) is 6.31. The Labute approximate surface area is 104 Å². The molecular formula is C13H15BrO2. The molecule has 0 bridgehead atoms. The van der Waals surface area contributed by atoms with Gasteiger partial charge < -0.3 is 4.74 Å². The van der Waals surface area contributed by atoms with E-state index in [0.717, 1.165) is 23.7 Å². The van der Waals surface area contributed by atoms with Crippen LogP contribution in [0.25, 0.3) is 0 Å². The Morgan fingerprint density at radius 3 is 3.06 bits per heavy atom. The van der Waals surface area contributed by atoms with Crippen LogP contribution in [0, 0.1) is 5.92 Å². The van der Waals surface area contributed by atoms with Crippen molar-refractivity contribution in [1.82, 2.24) is 0 Å². The molecule has 1 aliphatic rings. The van der Waals surface area contributed by atoms with Gasteiger partial charge in [0.2, 0.25) is 0 Å². The van der Waals surface area contributed by atoms with E-state index in [4.69, 9.17) is 4.74 Å². The molecule has 1 atom stereocenters. The van der Waals surface area contributed by atoms with Gasteiger partial charge in [0, 0.05) is 4.47 Å². The summed E-state index contributed by atoms with van der Waals surface area (Å²) in [5.74, 6) is -0.00474. The second-order valence-electron chi connectivity index (χ2n) is 4.10. The highest BCUT2D eigenvalue weighted by Crippen LogP contribution is 2.28. The fraction of sp³-hybridized carbons (Fsp3) is 0.462. The third-order valence-electron chi connectivity index (χ3n) is 3.02. The van der Waals surface area contributed by atoms with Crippen LogP contribution in [0.2, 0.25) is 0 Å². The van der Waals surface area contributed by atoms with E-state index in [0.29, 0.717) is 6.61 Å². The van der Waals surface area contributed by atoms with E-state index in [1.165, 1.54) is 11.1 Å². The van der Waals surface area contributed by atoms with Gasteiger partial charge in [-0.05, 0) is 49.4 Å². The van der Waals surface area contributed by atoms with Crippen LogP contribution < -0.4 is 0 Å². The SMILES string of the molecule is CCOC(=O)C1CCc2ccc(Br)cc2C1. The zero-order valence-electron chi connectivity index (χ0n) is 9.33. The number of halogens is 1. The average Bonchev–Trinajstić information content (AvgIpc) is 2.28. The van der Waals surface area contributed by atoms with Gasteiger partial charge in [0.05, 0.1) is 12.5 Å². The van der Waals surface area contributed by atoms with Gasteiger partial charge in [-0.25, -0.2) is 0 Å². The summed E-state index contributed by atoms with van der Waals surface area (Å²) < 4.78 is 6.16. The largest absolute Gasteiger partial charge is 0.466 e. The molecule has 1 aliphatic carbocycles. The van der Waals surface area contributed by atoms with Crippen molar-refractivity contribution in [3.8, 4) is 0 Å². The first-order valence-electron chi connectivity index (χ1n) is 5.64. The van der Waals surface area contributed by atoms with E-state index in [1.54, 1.807) is 0 Å². The highest BCUT2D eigenvalue weighted by molar-refractivity contribution is 9.10. The quantitative estimate of drug-likeness (QED) is 0.779. The second kappa shape index (κ2) is 5.00. The Hall–Kier alpha value is -0.830. The zero-order valence-corrected chi connectivity index (χ0v) is 10.9. The molecule has 1 aromatic carbocycles. The van der Waals surface area contributed by atoms with Crippen molar-refractivity contribution in [3.05, 3.63) is 33.8 Å². The summed E-state index contributed by atoms with van der Waals surface area (Å²) in [4.78, 5) is 11.7. The fourth-order valence-corrected chi connectivity index (χ4v) is 2.60. The summed E-state index contributed by atoms with van der Waals surface area (Å²) in [5, 5.41) is 0. The molecule has 2 nitrogen and oxygen atoms in total. The maximum absolute atomic E-state index is 11.7. The number of benzene rings is 1. The molecule has 0 N–H and O–H groups in total. The van der Waals surface area contributed by atoms with Crippen LogP contribution in [0.3, 0.4) is 0 Å². The number of carbonyl (C=O) groups excluding carboxylic acids is 1. The van der Waals surface area contributed by atoms with Gasteiger partial charge in [-0.2, -0.15) is 0 Å². The van der Waals surface area contributed by atoms with Gasteiger partial charge in [-0.15, -0.1) is 0 Å². The Kier molecular flexibility index (Phi) is 3.64. The van der Waals surface area contributed by atoms with Crippen molar-refractivity contribution in [2.75, 3.05) is 6.61 Å². The molecule has 2 rings (SSSR count). The lowest BCUT2D eigenvalue weighted by atomic mass is 9.84. The molecule has 86 valence electrons. The van der Waals surface area contributed by atoms with Gasteiger partial charge in [0.15, 0.2) is 0 Å². The molecule has 3 heteroatoms. The van der Waals surface area contributed by atoms with Gasteiger partial charge in [0.1, 0.15) is 0 Å². The van der Waals surface area contributed by atoms with Crippen LogP contribution in [0.4, 0.5) is 0 Å². The topological polar surface area (TPSA) is 26.3 Å². The summed E-state index contributed by atoms with van der Waals surface area (Å²) in [7, 11) is 0. The predicted molar refractivity (Wildman–Crippen MR) is 66.3 cm³/mol. The molecule has 0 fully saturated rings. The predicted octanol–water partition coefficient (Wildman–Crippen LogP) is 3.12. The summed E-state index contributed by atoms with van der Waals surface area (Å²) in [5.41, 5.74) is 2.64. The Balaban J connectivity index is 2.13. The maximum Gasteiger partial charge on any atom is 0.309 e. The van der Waals surface area contributed by atoms with Crippen LogP contribution in [-0.2, 0) is 22.4 Å². The van der Waals surface area contributed by atoms with E-state index < -0.39 is 0 Å². The third kappa shape index (κ3) is 2.46. The smallest absolute Gasteiger partial charge is 0.309 e. The van der Waals surface area contributed by atoms with Gasteiger partial charge in [0.25, 0.3) is 0 Å². The third-order valence-corrected chi connectivity index (χ3v) is 3.51. The molecule has 0 spiro atoms. The number of hydrogen-bond donors (Lipinski definition) is 0. The number of carbonyl (C=O) groups is 1. The van der Waals surface area contributed by atoms with E-state index in [2.05, 4.69) is 34.1 Å². The second-order valence-corrected chi connectivity index (χ2v) is 5.02. The maximum atomic E-state index is 11.7. The van der Waals surface area contributed by atoms with E-state index in [1.807, 2.05) is 6.92 Å². The summed E-state index contributed by atoms with van der Waals surface area (Å²) in [6.07, 6.45) is 2.70. The minimum atomic E-state index is -0.0480. The average molecular weight is 283 g/mol. The molecule has 0 saturated heterocycles. The summed E-state index contributed by atoms with van der Waals surface area (Å²) >= 11 is 3.46. The zero-order chi connectivity index (χ0) is 11.5. The molecule has 0 radical (unpaired) electrons. The van der Waals surface area contributed by atoms with E-state index >= 15 is 0 Å². The van der Waals surface area contributed by atoms with E-state index in [-0.39, 0.29) is 11.9 Å². The fourth-order valence-electron chi connectivity index (χ4n) is 2.19. The minimum Gasteiger partial charge on any atom is -0.466 e. The Morgan fingerprint density at radius 2 is 2.31 bits per heavy atom. The van der Waals surface area contributed by atoms with Gasteiger partial charge in [-0.1, -0.05) is 22.0 Å². The van der Waals surface area contributed by atoms with Crippen molar-refractivity contribution < 1.29 is 9.53 Å². The van der Waals surface area contributed by atoms with Crippen molar-refractivity contribution in [3.63, 3.8) is 0 Å². The van der Waals surface area contributed by atoms with Gasteiger partial charge >= 0.3 is 5.97 Å². The number of rotatable bonds is 2. The first-order valence-corrected chi connectivity index (χ1v) is 6.44. The first-order chi connectivity index (χ1) is 7.70. The number of ether oxygens (including phenoxy) is 1. The van der Waals surface area contributed by atoms with Crippen LogP contribution >= 0.6 is 15.9 Å². The normalized spacial score (nSPS) is 19.0.